The molecule has 0 saturated carbocycles. The highest BCUT2D eigenvalue weighted by Gasteiger charge is 2.20. The molecule has 0 unspecified atom stereocenters. The minimum Gasteiger partial charge on any atom is -0.380 e. The molecule has 76 valence electrons. The summed E-state index contributed by atoms with van der Waals surface area (Å²) in [7, 11) is 0. The van der Waals surface area contributed by atoms with Gasteiger partial charge >= 0.3 is 0 Å². The average molecular weight is 199 g/mol. The van der Waals surface area contributed by atoms with Gasteiger partial charge in [-0.15, -0.1) is 0 Å². The first kappa shape index (κ1) is 8.53. The predicted octanol–water partition coefficient (Wildman–Crippen LogP) is 2.62. The number of aryl methyl sites for hydroxylation is 2. The summed E-state index contributed by atoms with van der Waals surface area (Å²) >= 11 is 0. The van der Waals surface area contributed by atoms with Crippen LogP contribution >= 0.6 is 0 Å². The van der Waals surface area contributed by atoms with Gasteiger partial charge in [0.2, 0.25) is 0 Å². The average Bonchev–Trinajstić information content (AvgIpc) is 2.61. The fourth-order valence-corrected chi connectivity index (χ4v) is 2.17. The number of benzene rings is 1. The summed E-state index contributed by atoms with van der Waals surface area (Å²) in [5.41, 5.74) is 7.25. The molecule has 0 atom stereocenters. The van der Waals surface area contributed by atoms with E-state index in [1.54, 1.807) is 0 Å². The van der Waals surface area contributed by atoms with Gasteiger partial charge in [0.05, 0.1) is 5.69 Å². The highest BCUT2D eigenvalue weighted by atomic mass is 15.1. The zero-order valence-corrected chi connectivity index (χ0v) is 8.89. The Balaban J connectivity index is 2.30. The van der Waals surface area contributed by atoms with Crippen LogP contribution in [0.4, 0.5) is 5.69 Å². The second-order valence-electron chi connectivity index (χ2n) is 4.03. The molecule has 0 amide bonds. The number of anilines is 1. The highest BCUT2D eigenvalue weighted by Crippen LogP contribution is 2.36. The number of nitrogens with one attached hydrogen (secondary N) is 2. The van der Waals surface area contributed by atoms with Gasteiger partial charge in [0.25, 0.3) is 0 Å². The molecule has 0 spiro atoms. The van der Waals surface area contributed by atoms with E-state index in [-0.39, 0.29) is 0 Å². The number of aromatic nitrogens is 2. The number of rotatable bonds is 0. The molecule has 1 aromatic carbocycles. The van der Waals surface area contributed by atoms with Gasteiger partial charge in [0.15, 0.2) is 0 Å². The van der Waals surface area contributed by atoms with E-state index < -0.39 is 0 Å². The Kier molecular flexibility index (Phi) is 1.63. The van der Waals surface area contributed by atoms with E-state index in [2.05, 4.69) is 47.6 Å². The lowest BCUT2D eigenvalue weighted by Gasteiger charge is -2.19. The van der Waals surface area contributed by atoms with Gasteiger partial charge in [-0.1, -0.05) is 18.2 Å². The number of hydrogen-bond donors (Lipinski definition) is 2. The standard InChI is InChI=1S/C12H13N3/c1-7-4-3-5-9-11(7)13-6-10-8(2)14-15-12(9)10/h3-5,13H,6H2,1-2H3,(H,14,15). The van der Waals surface area contributed by atoms with Crippen molar-refractivity contribution in [2.75, 3.05) is 5.32 Å². The lowest BCUT2D eigenvalue weighted by molar-refractivity contribution is 1.05. The van der Waals surface area contributed by atoms with Crippen LogP contribution in [-0.2, 0) is 6.54 Å². The largest absolute Gasteiger partial charge is 0.380 e. The quantitative estimate of drug-likeness (QED) is 0.684. The Labute approximate surface area is 88.5 Å². The first-order valence-electron chi connectivity index (χ1n) is 5.15. The minimum absolute atomic E-state index is 0.871. The van der Waals surface area contributed by atoms with E-state index in [0.29, 0.717) is 0 Å². The Morgan fingerprint density at radius 1 is 1.27 bits per heavy atom. The van der Waals surface area contributed by atoms with E-state index in [9.17, 15) is 0 Å². The summed E-state index contributed by atoms with van der Waals surface area (Å²) in [6.45, 7) is 5.06. The summed E-state index contributed by atoms with van der Waals surface area (Å²) in [6.07, 6.45) is 0. The smallest absolute Gasteiger partial charge is 0.0994 e. The van der Waals surface area contributed by atoms with Gasteiger partial charge in [-0.05, 0) is 19.4 Å². The second-order valence-corrected chi connectivity index (χ2v) is 4.03. The fraction of sp³-hybridized carbons (Fsp3) is 0.250. The number of hydrogen-bond acceptors (Lipinski definition) is 2. The van der Waals surface area contributed by atoms with E-state index in [4.69, 9.17) is 0 Å². The van der Waals surface area contributed by atoms with Crippen LogP contribution in [0.5, 0.6) is 0 Å². The molecule has 2 N–H and O–H groups in total. The summed E-state index contributed by atoms with van der Waals surface area (Å²) in [4.78, 5) is 0. The predicted molar refractivity (Wildman–Crippen MR) is 60.8 cm³/mol. The molecule has 1 aliphatic heterocycles. The fourth-order valence-electron chi connectivity index (χ4n) is 2.17. The molecule has 1 aromatic heterocycles. The number of H-pyrrole nitrogens is 1. The van der Waals surface area contributed by atoms with Crippen molar-refractivity contribution in [3.8, 4) is 11.3 Å². The van der Waals surface area contributed by atoms with Crippen LogP contribution in [0.2, 0.25) is 0 Å². The van der Waals surface area contributed by atoms with Crippen LogP contribution in [0.1, 0.15) is 16.8 Å². The third-order valence-electron chi connectivity index (χ3n) is 3.04. The Hall–Kier alpha value is -1.77. The molecule has 2 heterocycles. The van der Waals surface area contributed by atoms with Crippen LogP contribution in [0.3, 0.4) is 0 Å². The van der Waals surface area contributed by atoms with Crippen LogP contribution in [0.25, 0.3) is 11.3 Å². The van der Waals surface area contributed by atoms with E-state index in [1.807, 2.05) is 0 Å². The summed E-state index contributed by atoms with van der Waals surface area (Å²) < 4.78 is 0. The van der Waals surface area contributed by atoms with Crippen molar-refractivity contribution in [1.82, 2.24) is 10.2 Å². The minimum atomic E-state index is 0.871. The SMILES string of the molecule is Cc1cccc2c1NCc1c-2n[nH]c1C. The van der Waals surface area contributed by atoms with Crippen molar-refractivity contribution < 1.29 is 0 Å². The third-order valence-corrected chi connectivity index (χ3v) is 3.04. The summed E-state index contributed by atoms with van der Waals surface area (Å²) in [5.74, 6) is 0. The Bertz CT molecular complexity index is 526. The normalized spacial score (nSPS) is 12.9. The van der Waals surface area contributed by atoms with Crippen molar-refractivity contribution in [2.24, 2.45) is 0 Å². The molecule has 1 aliphatic rings. The van der Waals surface area contributed by atoms with E-state index in [1.165, 1.54) is 22.4 Å². The van der Waals surface area contributed by atoms with Gasteiger partial charge in [-0.3, -0.25) is 5.10 Å². The molecular formula is C12H13N3. The third kappa shape index (κ3) is 1.09. The molecule has 0 aliphatic carbocycles. The van der Waals surface area contributed by atoms with E-state index >= 15 is 0 Å². The Morgan fingerprint density at radius 3 is 3.00 bits per heavy atom. The number of aromatic amines is 1. The zero-order valence-electron chi connectivity index (χ0n) is 8.89. The maximum absolute atomic E-state index is 4.37. The molecule has 3 nitrogen and oxygen atoms in total. The maximum atomic E-state index is 4.37. The van der Waals surface area contributed by atoms with Crippen molar-refractivity contribution >= 4 is 5.69 Å². The Morgan fingerprint density at radius 2 is 2.13 bits per heavy atom. The molecular weight excluding hydrogens is 186 g/mol. The van der Waals surface area contributed by atoms with Crippen LogP contribution < -0.4 is 5.32 Å². The first-order chi connectivity index (χ1) is 7.27. The lowest BCUT2D eigenvalue weighted by Crippen LogP contribution is -2.09. The molecule has 2 aromatic rings. The molecule has 0 saturated heterocycles. The van der Waals surface area contributed by atoms with Gasteiger partial charge in [-0.25, -0.2) is 0 Å². The zero-order chi connectivity index (χ0) is 10.4. The van der Waals surface area contributed by atoms with Crippen molar-refractivity contribution in [2.45, 2.75) is 20.4 Å². The molecule has 3 rings (SSSR count). The molecule has 3 heteroatoms. The molecule has 0 radical (unpaired) electrons. The number of fused-ring (bicyclic) bond motifs is 3. The van der Waals surface area contributed by atoms with Gasteiger partial charge in [0, 0.05) is 29.1 Å². The van der Waals surface area contributed by atoms with Crippen LogP contribution in [-0.4, -0.2) is 10.2 Å². The maximum Gasteiger partial charge on any atom is 0.0994 e. The summed E-state index contributed by atoms with van der Waals surface area (Å²) in [6, 6.07) is 6.32. The number of para-hydroxylation sites is 1. The van der Waals surface area contributed by atoms with Crippen LogP contribution in [0.15, 0.2) is 18.2 Å². The van der Waals surface area contributed by atoms with Crippen molar-refractivity contribution in [3.63, 3.8) is 0 Å². The number of nitrogens with zero attached hydrogens (tertiary/aromatic N) is 1. The lowest BCUT2D eigenvalue weighted by atomic mass is 9.98. The first-order valence-corrected chi connectivity index (χ1v) is 5.15. The molecule has 15 heavy (non-hydrogen) atoms. The van der Waals surface area contributed by atoms with Crippen molar-refractivity contribution in [1.29, 1.82) is 0 Å². The molecule has 0 fully saturated rings. The molecule has 0 bridgehead atoms. The van der Waals surface area contributed by atoms with Gasteiger partial charge in [-0.2, -0.15) is 5.10 Å². The van der Waals surface area contributed by atoms with Crippen molar-refractivity contribution in [3.05, 3.63) is 35.0 Å². The van der Waals surface area contributed by atoms with Gasteiger partial charge in [0.1, 0.15) is 0 Å². The van der Waals surface area contributed by atoms with E-state index in [0.717, 1.165) is 17.9 Å². The highest BCUT2D eigenvalue weighted by molar-refractivity contribution is 5.82. The van der Waals surface area contributed by atoms with Crippen LogP contribution in [0, 0.1) is 13.8 Å². The monoisotopic (exact) mass is 199 g/mol. The topological polar surface area (TPSA) is 40.7 Å². The summed E-state index contributed by atoms with van der Waals surface area (Å²) in [5, 5.41) is 10.9. The second kappa shape index (κ2) is 2.86. The van der Waals surface area contributed by atoms with Gasteiger partial charge < -0.3 is 5.32 Å².